The minimum absolute atomic E-state index is 0.160. The van der Waals surface area contributed by atoms with Crippen molar-refractivity contribution in [2.45, 2.75) is 44.2 Å². The van der Waals surface area contributed by atoms with Crippen molar-refractivity contribution in [3.8, 4) is 0 Å². The van der Waals surface area contributed by atoms with Gasteiger partial charge in [-0.15, -0.1) is 0 Å². The first kappa shape index (κ1) is 43.1. The van der Waals surface area contributed by atoms with Crippen LogP contribution in [0, 0.1) is 0 Å². The molecule has 2 rings (SSSR count). The van der Waals surface area contributed by atoms with Gasteiger partial charge in [-0.25, -0.2) is 14.4 Å². The molecule has 0 unspecified atom stereocenters. The van der Waals surface area contributed by atoms with E-state index in [-0.39, 0.29) is 11.8 Å². The van der Waals surface area contributed by atoms with E-state index in [9.17, 15) is 49.1 Å². The normalized spacial score (nSPS) is 12.5. The van der Waals surface area contributed by atoms with E-state index in [1.165, 1.54) is 4.90 Å². The van der Waals surface area contributed by atoms with E-state index in [4.69, 9.17) is 35.4 Å². The highest BCUT2D eigenvalue weighted by molar-refractivity contribution is 6.21. The molecule has 21 heteroatoms. The van der Waals surface area contributed by atoms with Gasteiger partial charge in [0.25, 0.3) is 11.8 Å². The van der Waals surface area contributed by atoms with Gasteiger partial charge in [0.15, 0.2) is 0 Å². The second-order valence-electron chi connectivity index (χ2n) is 8.42. The number of benzene rings is 1. The van der Waals surface area contributed by atoms with E-state index in [0.717, 1.165) is 58.4 Å². The lowest BCUT2D eigenvalue weighted by Crippen LogP contribution is -2.31. The summed E-state index contributed by atoms with van der Waals surface area (Å²) in [5, 5.41) is 28.1. The molecule has 2 amide bonds. The molecule has 0 aliphatic carbocycles. The van der Waals surface area contributed by atoms with Crippen LogP contribution < -0.4 is 16.4 Å². The first-order valence-electron chi connectivity index (χ1n) is 12.6. The Morgan fingerprint density at radius 2 is 0.933 bits per heavy atom. The topological polar surface area (TPSA) is 199 Å². The van der Waals surface area contributed by atoms with Gasteiger partial charge in [0.05, 0.1) is 11.1 Å². The van der Waals surface area contributed by atoms with Crippen molar-refractivity contribution in [3.05, 3.63) is 35.4 Å². The number of alkyl halides is 9. The molecule has 0 fully saturated rings. The van der Waals surface area contributed by atoms with Crippen LogP contribution in [0.4, 0.5) is 39.5 Å². The van der Waals surface area contributed by atoms with E-state index >= 15 is 0 Å². The molecule has 0 radical (unpaired) electrons. The van der Waals surface area contributed by atoms with E-state index in [0.29, 0.717) is 17.7 Å². The number of carboxylic acids is 3. The van der Waals surface area contributed by atoms with E-state index < -0.39 is 36.4 Å². The summed E-state index contributed by atoms with van der Waals surface area (Å²) in [4.78, 5) is 52.4. The SMILES string of the molecule is NCCCNCCCNCCCCN1C(=O)c2ccccc2C1=O.O=C(O)C(F)(F)F.O=C(O)C(F)(F)F.O=C(O)C(F)(F)F. The number of nitrogens with zero attached hydrogens (tertiary/aromatic N) is 1. The van der Waals surface area contributed by atoms with Crippen molar-refractivity contribution in [3.63, 3.8) is 0 Å². The van der Waals surface area contributed by atoms with Crippen molar-refractivity contribution in [2.24, 2.45) is 5.73 Å². The Balaban J connectivity index is 0. The summed E-state index contributed by atoms with van der Waals surface area (Å²) in [5.74, 6) is -8.59. The minimum Gasteiger partial charge on any atom is -0.475 e. The van der Waals surface area contributed by atoms with Gasteiger partial charge in [0, 0.05) is 6.54 Å². The van der Waals surface area contributed by atoms with Crippen LogP contribution in [-0.2, 0) is 14.4 Å². The molecule has 0 aromatic heterocycles. The number of fused-ring (bicyclic) bond motifs is 1. The van der Waals surface area contributed by atoms with Crippen LogP contribution in [0.1, 0.15) is 46.4 Å². The van der Waals surface area contributed by atoms with Gasteiger partial charge in [-0.05, 0) is 70.5 Å². The van der Waals surface area contributed by atoms with Gasteiger partial charge in [-0.2, -0.15) is 39.5 Å². The fourth-order valence-corrected chi connectivity index (χ4v) is 2.78. The molecule has 1 aromatic carbocycles. The molecule has 7 N–H and O–H groups in total. The number of amides is 2. The lowest BCUT2D eigenvalue weighted by Gasteiger charge is -2.13. The van der Waals surface area contributed by atoms with Crippen molar-refractivity contribution < 1.29 is 78.8 Å². The largest absolute Gasteiger partial charge is 0.490 e. The van der Waals surface area contributed by atoms with Crippen LogP contribution in [-0.4, -0.2) is 108 Å². The predicted octanol–water partition coefficient (Wildman–Crippen LogP) is 2.88. The zero-order valence-corrected chi connectivity index (χ0v) is 23.2. The number of halogens is 9. The fourth-order valence-electron chi connectivity index (χ4n) is 2.78. The lowest BCUT2D eigenvalue weighted by molar-refractivity contribution is -0.193. The maximum Gasteiger partial charge on any atom is 0.490 e. The van der Waals surface area contributed by atoms with Gasteiger partial charge in [-0.3, -0.25) is 14.5 Å². The number of imide groups is 1. The monoisotopic (exact) mass is 674 g/mol. The van der Waals surface area contributed by atoms with Crippen LogP contribution >= 0.6 is 0 Å². The summed E-state index contributed by atoms with van der Waals surface area (Å²) in [6.45, 7) is 5.10. The first-order valence-corrected chi connectivity index (χ1v) is 12.6. The van der Waals surface area contributed by atoms with E-state index in [1.807, 2.05) is 0 Å². The molecule has 258 valence electrons. The average Bonchev–Trinajstić information content (AvgIpc) is 3.16. The Hall–Kier alpha value is -3.98. The van der Waals surface area contributed by atoms with Gasteiger partial charge in [-0.1, -0.05) is 12.1 Å². The molecule has 45 heavy (non-hydrogen) atoms. The lowest BCUT2D eigenvalue weighted by atomic mass is 10.1. The van der Waals surface area contributed by atoms with Gasteiger partial charge >= 0.3 is 36.4 Å². The number of rotatable bonds is 12. The highest BCUT2D eigenvalue weighted by Gasteiger charge is 2.39. The van der Waals surface area contributed by atoms with Crippen molar-refractivity contribution in [1.29, 1.82) is 0 Å². The molecule has 1 aromatic rings. The molecule has 0 spiro atoms. The second-order valence-corrected chi connectivity index (χ2v) is 8.42. The summed E-state index contributed by atoms with van der Waals surface area (Å²) >= 11 is 0. The highest BCUT2D eigenvalue weighted by Crippen LogP contribution is 2.22. The highest BCUT2D eigenvalue weighted by atomic mass is 19.4. The molecule has 1 aliphatic rings. The zero-order valence-electron chi connectivity index (χ0n) is 23.2. The standard InChI is InChI=1S/C18H28N4O2.3C2HF3O2/c19-9-5-11-21-13-6-12-20-10-3-4-14-22-17(23)15-7-1-2-8-16(15)18(22)24;3*3-2(4,5)1(6)7/h1-2,7-8,20-21H,3-6,9-14,19H2;3*(H,6,7). The van der Waals surface area contributed by atoms with Crippen molar-refractivity contribution >= 4 is 29.7 Å². The molecule has 12 nitrogen and oxygen atoms in total. The maximum absolute atomic E-state index is 12.2. The number of hydrogen-bond donors (Lipinski definition) is 6. The number of carbonyl (C=O) groups excluding carboxylic acids is 2. The summed E-state index contributed by atoms with van der Waals surface area (Å²) in [6.07, 6.45) is -11.4. The Morgan fingerprint density at radius 3 is 1.24 bits per heavy atom. The number of carboxylic acid groups (broad SMARTS) is 3. The van der Waals surface area contributed by atoms with Crippen LogP contribution in [0.2, 0.25) is 0 Å². The summed E-state index contributed by atoms with van der Waals surface area (Å²) in [7, 11) is 0. The summed E-state index contributed by atoms with van der Waals surface area (Å²) in [5.41, 5.74) is 6.49. The third-order valence-corrected chi connectivity index (χ3v) is 4.86. The molecule has 0 bridgehead atoms. The van der Waals surface area contributed by atoms with E-state index in [2.05, 4.69) is 10.6 Å². The fraction of sp³-hybridized carbons (Fsp3) is 0.542. The smallest absolute Gasteiger partial charge is 0.475 e. The Labute approximate surface area is 249 Å². The van der Waals surface area contributed by atoms with Crippen LogP contribution in [0.15, 0.2) is 24.3 Å². The third kappa shape index (κ3) is 19.8. The minimum atomic E-state index is -5.08. The van der Waals surface area contributed by atoms with Gasteiger partial charge in [0.2, 0.25) is 0 Å². The van der Waals surface area contributed by atoms with Gasteiger partial charge in [0.1, 0.15) is 0 Å². The number of nitrogens with one attached hydrogen (secondary N) is 2. The number of aliphatic carboxylic acids is 3. The average molecular weight is 675 g/mol. The van der Waals surface area contributed by atoms with Gasteiger partial charge < -0.3 is 31.7 Å². The van der Waals surface area contributed by atoms with Crippen LogP contribution in [0.5, 0.6) is 0 Å². The third-order valence-electron chi connectivity index (χ3n) is 4.86. The molecule has 0 saturated heterocycles. The molecule has 1 aliphatic heterocycles. The van der Waals surface area contributed by atoms with Crippen molar-refractivity contribution in [2.75, 3.05) is 39.3 Å². The van der Waals surface area contributed by atoms with Crippen molar-refractivity contribution in [1.82, 2.24) is 15.5 Å². The number of hydrogen-bond acceptors (Lipinski definition) is 8. The van der Waals surface area contributed by atoms with E-state index in [1.54, 1.807) is 24.3 Å². The quantitative estimate of drug-likeness (QED) is 0.108. The second kappa shape index (κ2) is 20.9. The van der Waals surface area contributed by atoms with Crippen LogP contribution in [0.3, 0.4) is 0 Å². The Bertz CT molecular complexity index is 1010. The molecule has 1 heterocycles. The molecular formula is C24H31F9N4O8. The number of carbonyl (C=O) groups is 5. The predicted molar refractivity (Wildman–Crippen MR) is 136 cm³/mol. The number of nitrogens with two attached hydrogens (primary N) is 1. The summed E-state index contributed by atoms with van der Waals surface area (Å²) < 4.78 is 95.2. The maximum atomic E-state index is 12.2. The molecule has 0 saturated carbocycles. The number of unbranched alkanes of at least 4 members (excludes halogenated alkanes) is 1. The molecule has 0 atom stereocenters. The molecular weight excluding hydrogens is 643 g/mol. The zero-order chi connectivity index (χ0) is 35.4. The summed E-state index contributed by atoms with van der Waals surface area (Å²) in [6, 6.07) is 7.03. The Kier molecular flexibility index (Phi) is 20.0. The first-order chi connectivity index (χ1) is 20.6. The van der Waals surface area contributed by atoms with Crippen LogP contribution in [0.25, 0.3) is 0 Å². The Morgan fingerprint density at radius 1 is 0.622 bits per heavy atom.